The molecule has 1 heterocycles. The first-order valence-electron chi connectivity index (χ1n) is 9.48. The van der Waals surface area contributed by atoms with E-state index in [1.54, 1.807) is 7.11 Å². The third kappa shape index (κ3) is 7.80. The monoisotopic (exact) mass is 474 g/mol. The highest BCUT2D eigenvalue weighted by molar-refractivity contribution is 14.0. The van der Waals surface area contributed by atoms with Gasteiger partial charge in [-0.15, -0.1) is 24.0 Å². The number of benzene rings is 1. The van der Waals surface area contributed by atoms with Crippen molar-refractivity contribution >= 4 is 29.9 Å². The highest BCUT2D eigenvalue weighted by atomic mass is 127. The maximum absolute atomic E-state index is 5.21. The Hall–Kier alpha value is -0.860. The van der Waals surface area contributed by atoms with Gasteiger partial charge in [0.2, 0.25) is 0 Å². The van der Waals surface area contributed by atoms with E-state index < -0.39 is 0 Å². The number of halogens is 1. The smallest absolute Gasteiger partial charge is 0.191 e. The summed E-state index contributed by atoms with van der Waals surface area (Å²) in [7, 11) is 1.72. The van der Waals surface area contributed by atoms with Crippen LogP contribution in [0.2, 0.25) is 0 Å². The lowest BCUT2D eigenvalue weighted by Gasteiger charge is -2.35. The molecule has 0 aliphatic carbocycles. The molecule has 0 radical (unpaired) electrons. The molecule has 6 heteroatoms. The summed E-state index contributed by atoms with van der Waals surface area (Å²) >= 11 is 0. The normalized spacial score (nSPS) is 16.4. The van der Waals surface area contributed by atoms with Crippen molar-refractivity contribution in [1.29, 1.82) is 0 Å². The molecule has 1 aliphatic heterocycles. The zero-order valence-corrected chi connectivity index (χ0v) is 19.0. The largest absolute Gasteiger partial charge is 0.380 e. The van der Waals surface area contributed by atoms with Crippen molar-refractivity contribution < 1.29 is 4.74 Å². The molecule has 2 rings (SSSR count). The number of nitrogens with zero attached hydrogens (tertiary/aromatic N) is 2. The van der Waals surface area contributed by atoms with E-state index in [2.05, 4.69) is 60.6 Å². The van der Waals surface area contributed by atoms with Crippen LogP contribution in [0.15, 0.2) is 29.3 Å². The van der Waals surface area contributed by atoms with Gasteiger partial charge in [-0.3, -0.25) is 0 Å². The Labute approximate surface area is 176 Å². The molecule has 1 fully saturated rings. The van der Waals surface area contributed by atoms with E-state index in [1.807, 2.05) is 0 Å². The van der Waals surface area contributed by atoms with Gasteiger partial charge in [0.05, 0.1) is 13.2 Å². The van der Waals surface area contributed by atoms with E-state index in [1.165, 1.54) is 24.0 Å². The Bertz CT molecular complexity index is 542. The molecule has 0 aromatic heterocycles. The van der Waals surface area contributed by atoms with Crippen LogP contribution >= 0.6 is 24.0 Å². The van der Waals surface area contributed by atoms with Crippen LogP contribution in [-0.4, -0.2) is 49.7 Å². The fourth-order valence-electron chi connectivity index (χ4n) is 3.23. The minimum absolute atomic E-state index is 0. The van der Waals surface area contributed by atoms with Crippen LogP contribution in [0.4, 0.5) is 0 Å². The van der Waals surface area contributed by atoms with Gasteiger partial charge in [-0.1, -0.05) is 24.3 Å². The molecule has 0 amide bonds. The van der Waals surface area contributed by atoms with Gasteiger partial charge >= 0.3 is 0 Å². The zero-order valence-electron chi connectivity index (χ0n) is 16.6. The summed E-state index contributed by atoms with van der Waals surface area (Å²) in [5, 5.41) is 6.99. The van der Waals surface area contributed by atoms with Crippen molar-refractivity contribution in [2.75, 3.05) is 26.7 Å². The number of nitrogens with one attached hydrogen (secondary N) is 2. The molecule has 1 aromatic rings. The third-order valence-corrected chi connectivity index (χ3v) is 4.67. The Morgan fingerprint density at radius 3 is 2.58 bits per heavy atom. The molecule has 1 saturated heterocycles. The summed E-state index contributed by atoms with van der Waals surface area (Å²) in [6.45, 7) is 11.2. The highest BCUT2D eigenvalue weighted by Gasteiger charge is 2.21. The SMILES string of the molecule is CCNC(=NCc1cccc(COC)c1)NC1CCN(C(C)C)CC1.I. The fourth-order valence-corrected chi connectivity index (χ4v) is 3.23. The second-order valence-corrected chi connectivity index (χ2v) is 7.00. The zero-order chi connectivity index (χ0) is 18.1. The lowest BCUT2D eigenvalue weighted by atomic mass is 10.0. The Morgan fingerprint density at radius 2 is 1.96 bits per heavy atom. The molecular weight excluding hydrogens is 439 g/mol. The number of likely N-dealkylation sites (tertiary alicyclic amines) is 1. The molecule has 0 spiro atoms. The van der Waals surface area contributed by atoms with Crippen LogP contribution < -0.4 is 10.6 Å². The molecule has 0 saturated carbocycles. The molecule has 2 N–H and O–H groups in total. The molecule has 1 aliphatic rings. The standard InChI is InChI=1S/C20H34N4O.HI/c1-5-21-20(23-19-9-11-24(12-10-19)16(2)3)22-14-17-7-6-8-18(13-17)15-25-4;/h6-8,13,16,19H,5,9-12,14-15H2,1-4H3,(H2,21,22,23);1H. The van der Waals surface area contributed by atoms with Crippen LogP contribution in [0, 0.1) is 0 Å². The van der Waals surface area contributed by atoms with Crippen LogP contribution in [0.25, 0.3) is 0 Å². The number of aliphatic imine (C=N–C) groups is 1. The molecule has 26 heavy (non-hydrogen) atoms. The van der Waals surface area contributed by atoms with Crippen LogP contribution in [-0.2, 0) is 17.9 Å². The highest BCUT2D eigenvalue weighted by Crippen LogP contribution is 2.13. The predicted octanol–water partition coefficient (Wildman–Crippen LogP) is 3.38. The van der Waals surface area contributed by atoms with Crippen molar-refractivity contribution in [3.05, 3.63) is 35.4 Å². The lowest BCUT2D eigenvalue weighted by Crippen LogP contribution is -2.49. The minimum atomic E-state index is 0. The van der Waals surface area contributed by atoms with Gasteiger partial charge in [-0.05, 0) is 44.7 Å². The van der Waals surface area contributed by atoms with Crippen LogP contribution in [0.5, 0.6) is 0 Å². The van der Waals surface area contributed by atoms with E-state index in [4.69, 9.17) is 9.73 Å². The summed E-state index contributed by atoms with van der Waals surface area (Å²) in [6.07, 6.45) is 2.35. The maximum Gasteiger partial charge on any atom is 0.191 e. The van der Waals surface area contributed by atoms with E-state index in [0.29, 0.717) is 25.2 Å². The third-order valence-electron chi connectivity index (χ3n) is 4.67. The van der Waals surface area contributed by atoms with Gasteiger partial charge in [0.1, 0.15) is 0 Å². The molecular formula is C20H35IN4O. The van der Waals surface area contributed by atoms with Gasteiger partial charge < -0.3 is 20.3 Å². The summed E-state index contributed by atoms with van der Waals surface area (Å²) < 4.78 is 5.21. The lowest BCUT2D eigenvalue weighted by molar-refractivity contribution is 0.167. The molecule has 148 valence electrons. The van der Waals surface area contributed by atoms with Crippen LogP contribution in [0.3, 0.4) is 0 Å². The van der Waals surface area contributed by atoms with Crippen molar-refractivity contribution in [3.63, 3.8) is 0 Å². The number of rotatable bonds is 7. The summed E-state index contributed by atoms with van der Waals surface area (Å²) in [5.41, 5.74) is 2.40. The van der Waals surface area contributed by atoms with E-state index in [9.17, 15) is 0 Å². The number of ether oxygens (including phenoxy) is 1. The number of guanidine groups is 1. The van der Waals surface area contributed by atoms with Crippen molar-refractivity contribution in [2.24, 2.45) is 4.99 Å². The number of piperidine rings is 1. The Morgan fingerprint density at radius 1 is 1.27 bits per heavy atom. The predicted molar refractivity (Wildman–Crippen MR) is 120 cm³/mol. The van der Waals surface area contributed by atoms with Gasteiger partial charge in [-0.25, -0.2) is 4.99 Å². The quantitative estimate of drug-likeness (QED) is 0.362. The van der Waals surface area contributed by atoms with Gasteiger partial charge in [-0.2, -0.15) is 0 Å². The topological polar surface area (TPSA) is 48.9 Å². The summed E-state index contributed by atoms with van der Waals surface area (Å²) in [6, 6.07) is 9.59. The molecule has 0 atom stereocenters. The molecule has 0 unspecified atom stereocenters. The maximum atomic E-state index is 5.21. The molecule has 0 bridgehead atoms. The average Bonchev–Trinajstić information content (AvgIpc) is 2.61. The first-order valence-corrected chi connectivity index (χ1v) is 9.48. The Kier molecular flexibility index (Phi) is 11.2. The van der Waals surface area contributed by atoms with Gasteiger partial charge in [0, 0.05) is 38.8 Å². The number of hydrogen-bond acceptors (Lipinski definition) is 3. The average molecular weight is 474 g/mol. The number of methoxy groups -OCH3 is 1. The first kappa shape index (κ1) is 23.2. The summed E-state index contributed by atoms with van der Waals surface area (Å²) in [5.74, 6) is 0.919. The van der Waals surface area contributed by atoms with E-state index in [0.717, 1.165) is 25.6 Å². The number of hydrogen-bond donors (Lipinski definition) is 2. The fraction of sp³-hybridized carbons (Fsp3) is 0.650. The van der Waals surface area contributed by atoms with Gasteiger partial charge in [0.15, 0.2) is 5.96 Å². The van der Waals surface area contributed by atoms with Crippen molar-refractivity contribution in [1.82, 2.24) is 15.5 Å². The van der Waals surface area contributed by atoms with Gasteiger partial charge in [0.25, 0.3) is 0 Å². The first-order chi connectivity index (χ1) is 12.1. The second-order valence-electron chi connectivity index (χ2n) is 7.00. The van der Waals surface area contributed by atoms with Crippen molar-refractivity contribution in [2.45, 2.75) is 58.8 Å². The Balaban J connectivity index is 0.00000338. The van der Waals surface area contributed by atoms with E-state index in [-0.39, 0.29) is 24.0 Å². The van der Waals surface area contributed by atoms with E-state index >= 15 is 0 Å². The molecule has 1 aromatic carbocycles. The van der Waals surface area contributed by atoms with Crippen molar-refractivity contribution in [3.8, 4) is 0 Å². The molecule has 5 nitrogen and oxygen atoms in total. The van der Waals surface area contributed by atoms with Crippen LogP contribution in [0.1, 0.15) is 44.7 Å². The second kappa shape index (κ2) is 12.5. The minimum Gasteiger partial charge on any atom is -0.380 e. The summed E-state index contributed by atoms with van der Waals surface area (Å²) in [4.78, 5) is 7.32.